The monoisotopic (exact) mass is 304 g/mol. The molecule has 0 aromatic heterocycles. The second-order valence-electron chi connectivity index (χ2n) is 4.46. The van der Waals surface area contributed by atoms with E-state index in [2.05, 4.69) is 5.32 Å². The van der Waals surface area contributed by atoms with Crippen molar-refractivity contribution in [3.63, 3.8) is 0 Å². The molecule has 0 saturated heterocycles. The van der Waals surface area contributed by atoms with E-state index < -0.39 is 20.7 Å². The fourth-order valence-electron chi connectivity index (χ4n) is 1.47. The van der Waals surface area contributed by atoms with Gasteiger partial charge in [-0.15, -0.1) is 0 Å². The number of amides is 1. The molecule has 0 spiro atoms. The van der Waals surface area contributed by atoms with Crippen molar-refractivity contribution < 1.29 is 22.3 Å². The van der Waals surface area contributed by atoms with Gasteiger partial charge in [-0.25, -0.2) is 17.9 Å². The van der Waals surface area contributed by atoms with Gasteiger partial charge in [-0.05, 0) is 32.0 Å². The third kappa shape index (κ3) is 5.14. The van der Waals surface area contributed by atoms with Crippen LogP contribution in [0, 0.1) is 5.82 Å². The van der Waals surface area contributed by atoms with E-state index in [-0.39, 0.29) is 30.7 Å². The highest BCUT2D eigenvalue weighted by Crippen LogP contribution is 2.23. The molecule has 0 aliphatic carbocycles. The molecular weight excluding hydrogens is 287 g/mol. The normalized spacial score (nSPS) is 11.4. The zero-order valence-electron chi connectivity index (χ0n) is 11.2. The number of carbonyl (C=O) groups is 1. The Kier molecular flexibility index (Phi) is 5.46. The summed E-state index contributed by atoms with van der Waals surface area (Å²) in [6.07, 6.45) is 0.0552. The molecule has 1 aromatic carbocycles. The molecule has 1 aromatic rings. The number of benzene rings is 1. The van der Waals surface area contributed by atoms with Crippen molar-refractivity contribution in [1.82, 2.24) is 5.32 Å². The maximum Gasteiger partial charge on any atom is 0.241 e. The van der Waals surface area contributed by atoms with Crippen molar-refractivity contribution in [3.05, 3.63) is 24.0 Å². The second-order valence-corrected chi connectivity index (χ2v) is 5.99. The van der Waals surface area contributed by atoms with E-state index in [9.17, 15) is 17.6 Å². The van der Waals surface area contributed by atoms with Gasteiger partial charge in [-0.2, -0.15) is 0 Å². The summed E-state index contributed by atoms with van der Waals surface area (Å²) in [7, 11) is -4.09. The lowest BCUT2D eigenvalue weighted by Crippen LogP contribution is -2.31. The summed E-state index contributed by atoms with van der Waals surface area (Å²) < 4.78 is 40.8. The molecule has 0 aliphatic rings. The number of carbonyl (C=O) groups excluding carboxylic acids is 1. The summed E-state index contributed by atoms with van der Waals surface area (Å²) in [6.45, 7) is 3.60. The van der Waals surface area contributed by atoms with E-state index in [0.29, 0.717) is 0 Å². The summed E-state index contributed by atoms with van der Waals surface area (Å²) in [5.74, 6) is -1.04. The number of ether oxygens (including phenoxy) is 1. The van der Waals surface area contributed by atoms with Gasteiger partial charge in [0.25, 0.3) is 0 Å². The van der Waals surface area contributed by atoms with Crippen LogP contribution in [0.25, 0.3) is 0 Å². The zero-order valence-corrected chi connectivity index (χ0v) is 12.0. The van der Waals surface area contributed by atoms with E-state index in [1.165, 1.54) is 0 Å². The molecule has 0 saturated carbocycles. The number of rotatable bonds is 6. The molecule has 20 heavy (non-hydrogen) atoms. The Balaban J connectivity index is 2.72. The molecule has 0 bridgehead atoms. The largest absolute Gasteiger partial charge is 0.492 e. The molecule has 0 atom stereocenters. The molecule has 1 rings (SSSR count). The van der Waals surface area contributed by atoms with Crippen LogP contribution in [0.15, 0.2) is 23.1 Å². The van der Waals surface area contributed by atoms with Gasteiger partial charge in [-0.3, -0.25) is 4.79 Å². The smallest absolute Gasteiger partial charge is 0.241 e. The lowest BCUT2D eigenvalue weighted by Gasteiger charge is -2.11. The Labute approximate surface area is 117 Å². The van der Waals surface area contributed by atoms with Crippen LogP contribution in [-0.2, 0) is 14.8 Å². The van der Waals surface area contributed by atoms with E-state index in [1.54, 1.807) is 0 Å². The minimum Gasteiger partial charge on any atom is -0.492 e. The van der Waals surface area contributed by atoms with Gasteiger partial charge < -0.3 is 10.1 Å². The number of primary sulfonamides is 1. The first kappa shape index (κ1) is 16.4. The molecule has 6 nitrogen and oxygen atoms in total. The molecule has 0 unspecified atom stereocenters. The Morgan fingerprint density at radius 2 is 2.10 bits per heavy atom. The predicted molar refractivity (Wildman–Crippen MR) is 71.2 cm³/mol. The average Bonchev–Trinajstić information content (AvgIpc) is 2.28. The first-order chi connectivity index (χ1) is 9.20. The van der Waals surface area contributed by atoms with E-state index >= 15 is 0 Å². The van der Waals surface area contributed by atoms with Crippen molar-refractivity contribution in [1.29, 1.82) is 0 Å². The average molecular weight is 304 g/mol. The standard InChI is InChI=1S/C12H17FN2O4S/c1-8(2)15-12(16)5-6-19-10-4-3-9(13)7-11(10)20(14,17)18/h3-4,7-8H,5-6H2,1-2H3,(H,15,16)(H2,14,17,18). The van der Waals surface area contributed by atoms with Crippen molar-refractivity contribution in [2.24, 2.45) is 5.14 Å². The fourth-order valence-corrected chi connectivity index (χ4v) is 2.16. The van der Waals surface area contributed by atoms with Crippen LogP contribution in [0.1, 0.15) is 20.3 Å². The van der Waals surface area contributed by atoms with Gasteiger partial charge in [0.1, 0.15) is 16.5 Å². The summed E-state index contributed by atoms with van der Waals surface area (Å²) in [5, 5.41) is 7.63. The molecular formula is C12H17FN2O4S. The van der Waals surface area contributed by atoms with Gasteiger partial charge in [-0.1, -0.05) is 0 Å². The number of sulfonamides is 1. The van der Waals surface area contributed by atoms with Crippen LogP contribution >= 0.6 is 0 Å². The van der Waals surface area contributed by atoms with Gasteiger partial charge >= 0.3 is 0 Å². The van der Waals surface area contributed by atoms with Crippen molar-refractivity contribution >= 4 is 15.9 Å². The Morgan fingerprint density at radius 3 is 2.65 bits per heavy atom. The fraction of sp³-hybridized carbons (Fsp3) is 0.417. The SMILES string of the molecule is CC(C)NC(=O)CCOc1ccc(F)cc1S(N)(=O)=O. The summed E-state index contributed by atoms with van der Waals surface area (Å²) >= 11 is 0. The van der Waals surface area contributed by atoms with E-state index in [4.69, 9.17) is 9.88 Å². The van der Waals surface area contributed by atoms with E-state index in [1.807, 2.05) is 13.8 Å². The lowest BCUT2D eigenvalue weighted by molar-refractivity contribution is -0.122. The number of hydrogen-bond donors (Lipinski definition) is 2. The predicted octanol–water partition coefficient (Wildman–Crippen LogP) is 0.767. The third-order valence-corrected chi connectivity index (χ3v) is 3.18. The van der Waals surface area contributed by atoms with Crippen LogP contribution < -0.4 is 15.2 Å². The Hall–Kier alpha value is -1.67. The van der Waals surface area contributed by atoms with Crippen molar-refractivity contribution in [2.45, 2.75) is 31.2 Å². The molecule has 0 radical (unpaired) electrons. The van der Waals surface area contributed by atoms with Crippen LogP contribution in [0.5, 0.6) is 5.75 Å². The quantitative estimate of drug-likeness (QED) is 0.811. The molecule has 0 aliphatic heterocycles. The van der Waals surface area contributed by atoms with Gasteiger partial charge in [0.15, 0.2) is 0 Å². The van der Waals surface area contributed by atoms with Gasteiger partial charge in [0.05, 0.1) is 13.0 Å². The first-order valence-corrected chi connectivity index (χ1v) is 7.49. The summed E-state index contributed by atoms with van der Waals surface area (Å²) in [5.41, 5.74) is 0. The van der Waals surface area contributed by atoms with Crippen LogP contribution in [0.3, 0.4) is 0 Å². The Morgan fingerprint density at radius 1 is 1.45 bits per heavy atom. The zero-order chi connectivity index (χ0) is 15.3. The molecule has 0 heterocycles. The van der Waals surface area contributed by atoms with E-state index in [0.717, 1.165) is 18.2 Å². The number of nitrogens with two attached hydrogens (primary N) is 1. The number of halogens is 1. The third-order valence-electron chi connectivity index (χ3n) is 2.25. The van der Waals surface area contributed by atoms with Crippen LogP contribution in [0.4, 0.5) is 4.39 Å². The van der Waals surface area contributed by atoms with Crippen molar-refractivity contribution in [3.8, 4) is 5.75 Å². The highest BCUT2D eigenvalue weighted by Gasteiger charge is 2.16. The minimum absolute atomic E-state index is 0.00769. The molecule has 0 fully saturated rings. The van der Waals surface area contributed by atoms with Crippen molar-refractivity contribution in [2.75, 3.05) is 6.61 Å². The minimum atomic E-state index is -4.09. The highest BCUT2D eigenvalue weighted by atomic mass is 32.2. The molecule has 112 valence electrons. The summed E-state index contributed by atoms with van der Waals surface area (Å²) in [6, 6.07) is 3.00. The maximum absolute atomic E-state index is 13.0. The topological polar surface area (TPSA) is 98.5 Å². The van der Waals surface area contributed by atoms with Crippen LogP contribution in [0.2, 0.25) is 0 Å². The highest BCUT2D eigenvalue weighted by molar-refractivity contribution is 7.89. The lowest BCUT2D eigenvalue weighted by atomic mass is 10.3. The number of nitrogens with one attached hydrogen (secondary N) is 1. The molecule has 3 N–H and O–H groups in total. The second kappa shape index (κ2) is 6.67. The number of hydrogen-bond acceptors (Lipinski definition) is 4. The van der Waals surface area contributed by atoms with Gasteiger partial charge in [0, 0.05) is 6.04 Å². The summed E-state index contributed by atoms with van der Waals surface area (Å²) in [4.78, 5) is 10.9. The Bertz CT molecular complexity index is 587. The maximum atomic E-state index is 13.0. The van der Waals surface area contributed by atoms with Crippen LogP contribution in [-0.4, -0.2) is 27.0 Å². The first-order valence-electron chi connectivity index (χ1n) is 5.94. The van der Waals surface area contributed by atoms with Gasteiger partial charge in [0.2, 0.25) is 15.9 Å². The molecule has 8 heteroatoms. The molecule has 1 amide bonds.